The van der Waals surface area contributed by atoms with Gasteiger partial charge in [0.2, 0.25) is 0 Å². The Hall–Kier alpha value is -3.55. The molecule has 4 rings (SSSR count). The third-order valence-electron chi connectivity index (χ3n) is 7.40. The molecule has 4 amide bonds. The normalized spacial score (nSPS) is 17.1. The average molecular weight is 493 g/mol. The minimum Gasteiger partial charge on any atom is -0.480 e. The van der Waals surface area contributed by atoms with Gasteiger partial charge in [-0.2, -0.15) is 0 Å². The lowest BCUT2D eigenvalue weighted by Gasteiger charge is -2.38. The van der Waals surface area contributed by atoms with E-state index < -0.39 is 12.0 Å². The van der Waals surface area contributed by atoms with Crippen LogP contribution in [0.25, 0.3) is 0 Å². The Kier molecular flexibility index (Phi) is 8.13. The minimum absolute atomic E-state index is 0.0446. The van der Waals surface area contributed by atoms with E-state index in [9.17, 15) is 19.5 Å². The second-order valence-electron chi connectivity index (χ2n) is 9.60. The topological polar surface area (TPSA) is 102 Å². The lowest BCUT2D eigenvalue weighted by Crippen LogP contribution is -2.54. The smallest absolute Gasteiger partial charge is 0.326 e. The fourth-order valence-electron chi connectivity index (χ4n) is 5.28. The van der Waals surface area contributed by atoms with Gasteiger partial charge in [0, 0.05) is 37.8 Å². The van der Waals surface area contributed by atoms with Crippen LogP contribution in [0, 0.1) is 0 Å². The van der Waals surface area contributed by atoms with E-state index in [1.165, 1.54) is 11.1 Å². The number of urea groups is 2. The molecule has 0 bridgehead atoms. The zero-order valence-corrected chi connectivity index (χ0v) is 21.1. The van der Waals surface area contributed by atoms with Crippen LogP contribution in [-0.2, 0) is 30.5 Å². The fourth-order valence-corrected chi connectivity index (χ4v) is 5.28. The molecule has 3 N–H and O–H groups in total. The van der Waals surface area contributed by atoms with Gasteiger partial charge in [0.25, 0.3) is 0 Å². The Labute approximate surface area is 212 Å². The summed E-state index contributed by atoms with van der Waals surface area (Å²) in [6, 6.07) is 12.5. The Morgan fingerprint density at radius 1 is 1.06 bits per heavy atom. The molecule has 0 spiro atoms. The maximum absolute atomic E-state index is 12.9. The predicted molar refractivity (Wildman–Crippen MR) is 139 cm³/mol. The number of carbonyl (C=O) groups is 3. The number of para-hydroxylation sites is 1. The number of carboxylic acid groups (broad SMARTS) is 1. The highest BCUT2D eigenvalue weighted by Crippen LogP contribution is 2.24. The summed E-state index contributed by atoms with van der Waals surface area (Å²) in [5, 5.41) is 15.5. The molecule has 1 fully saturated rings. The molecule has 2 heterocycles. The number of piperidine rings is 1. The highest BCUT2D eigenvalue weighted by molar-refractivity contribution is 5.91. The number of nitrogens with one attached hydrogen (secondary N) is 2. The molecule has 0 radical (unpaired) electrons. The molecule has 0 saturated carbocycles. The number of aliphatic carboxylic acids is 1. The number of carbonyl (C=O) groups excluding carboxylic acids is 2. The van der Waals surface area contributed by atoms with Gasteiger partial charge in [-0.15, -0.1) is 0 Å². The number of hydrogen-bond donors (Lipinski definition) is 3. The first kappa shape index (κ1) is 25.5. The molecule has 2 aliphatic heterocycles. The van der Waals surface area contributed by atoms with Crippen LogP contribution in [0.15, 0.2) is 42.5 Å². The van der Waals surface area contributed by atoms with Crippen LogP contribution < -0.4 is 10.6 Å². The standard InChI is InChI=1S/C28H36N4O4/c1-3-20-10-9-19(17-21(20)4-2)18-25(26(33)34)30-27(35)31-14-12-23(13-15-31)32-16-11-22-7-5-6-8-24(22)29-28(32)36/h5-10,17,23,25H,3-4,11-16,18H2,1-2H3,(H,29,36)(H,30,35)(H,33,34)/t25-/m1/s1. The quantitative estimate of drug-likeness (QED) is 0.542. The largest absolute Gasteiger partial charge is 0.480 e. The molecule has 2 aromatic rings. The maximum Gasteiger partial charge on any atom is 0.326 e. The first-order valence-corrected chi connectivity index (χ1v) is 12.9. The van der Waals surface area contributed by atoms with E-state index in [0.29, 0.717) is 32.5 Å². The highest BCUT2D eigenvalue weighted by atomic mass is 16.4. The van der Waals surface area contributed by atoms with Gasteiger partial charge >= 0.3 is 18.0 Å². The minimum atomic E-state index is -1.04. The number of rotatable bonds is 7. The predicted octanol–water partition coefficient (Wildman–Crippen LogP) is 4.07. The Morgan fingerprint density at radius 2 is 1.78 bits per heavy atom. The van der Waals surface area contributed by atoms with Crippen molar-refractivity contribution in [3.63, 3.8) is 0 Å². The Morgan fingerprint density at radius 3 is 2.47 bits per heavy atom. The molecule has 2 aliphatic rings. The van der Waals surface area contributed by atoms with E-state index in [1.54, 1.807) is 4.90 Å². The molecular formula is C28H36N4O4. The number of carboxylic acids is 1. The molecule has 192 valence electrons. The summed E-state index contributed by atoms with van der Waals surface area (Å²) in [5.41, 5.74) is 5.37. The van der Waals surface area contributed by atoms with E-state index >= 15 is 0 Å². The summed E-state index contributed by atoms with van der Waals surface area (Å²) >= 11 is 0. The van der Waals surface area contributed by atoms with Crippen molar-refractivity contribution in [2.24, 2.45) is 0 Å². The monoisotopic (exact) mass is 492 g/mol. The van der Waals surface area contributed by atoms with Crippen molar-refractivity contribution in [3.05, 3.63) is 64.7 Å². The second-order valence-corrected chi connectivity index (χ2v) is 9.60. The van der Waals surface area contributed by atoms with Crippen LogP contribution >= 0.6 is 0 Å². The zero-order valence-electron chi connectivity index (χ0n) is 21.1. The number of anilines is 1. The SMILES string of the molecule is CCc1ccc(C[C@@H](NC(=O)N2CCC(N3CCc4ccccc4NC3=O)CC2)C(=O)O)cc1CC. The van der Waals surface area contributed by atoms with Crippen molar-refractivity contribution in [1.82, 2.24) is 15.1 Å². The molecule has 8 heteroatoms. The summed E-state index contributed by atoms with van der Waals surface area (Å²) in [4.78, 5) is 41.2. The van der Waals surface area contributed by atoms with Gasteiger partial charge in [-0.1, -0.05) is 50.2 Å². The van der Waals surface area contributed by atoms with Gasteiger partial charge < -0.3 is 25.5 Å². The van der Waals surface area contributed by atoms with Gasteiger partial charge in [0.1, 0.15) is 6.04 Å². The lowest BCUT2D eigenvalue weighted by molar-refractivity contribution is -0.139. The van der Waals surface area contributed by atoms with Crippen LogP contribution in [0.1, 0.15) is 48.9 Å². The second kappa shape index (κ2) is 11.5. The number of hydrogen-bond acceptors (Lipinski definition) is 3. The van der Waals surface area contributed by atoms with E-state index in [-0.39, 0.29) is 24.5 Å². The van der Waals surface area contributed by atoms with Gasteiger partial charge in [-0.05, 0) is 60.4 Å². The van der Waals surface area contributed by atoms with Crippen molar-refractivity contribution in [2.75, 3.05) is 25.0 Å². The molecule has 1 atom stereocenters. The summed E-state index contributed by atoms with van der Waals surface area (Å²) in [5.74, 6) is -1.04. The Bertz CT molecular complexity index is 1110. The van der Waals surface area contributed by atoms with Crippen molar-refractivity contribution in [1.29, 1.82) is 0 Å². The molecule has 0 aliphatic carbocycles. The van der Waals surface area contributed by atoms with E-state index in [1.807, 2.05) is 35.2 Å². The molecule has 36 heavy (non-hydrogen) atoms. The van der Waals surface area contributed by atoms with E-state index in [0.717, 1.165) is 36.1 Å². The first-order valence-electron chi connectivity index (χ1n) is 12.9. The van der Waals surface area contributed by atoms with E-state index in [4.69, 9.17) is 0 Å². The zero-order chi connectivity index (χ0) is 25.7. The third-order valence-corrected chi connectivity index (χ3v) is 7.40. The van der Waals surface area contributed by atoms with Crippen LogP contribution in [0.3, 0.4) is 0 Å². The summed E-state index contributed by atoms with van der Waals surface area (Å²) in [6.07, 6.45) is 4.17. The number of amides is 4. The maximum atomic E-state index is 12.9. The van der Waals surface area contributed by atoms with Crippen LogP contribution in [0.5, 0.6) is 0 Å². The summed E-state index contributed by atoms with van der Waals surface area (Å²) < 4.78 is 0. The van der Waals surface area contributed by atoms with Crippen molar-refractivity contribution in [2.45, 2.75) is 64.5 Å². The molecule has 0 aromatic heterocycles. The number of likely N-dealkylation sites (tertiary alicyclic amines) is 1. The van der Waals surface area contributed by atoms with Gasteiger partial charge in [0.05, 0.1) is 0 Å². The number of fused-ring (bicyclic) bond motifs is 1. The fraction of sp³-hybridized carbons (Fsp3) is 0.464. The molecule has 0 unspecified atom stereocenters. The number of benzene rings is 2. The van der Waals surface area contributed by atoms with Gasteiger partial charge in [0.15, 0.2) is 0 Å². The Balaban J connectivity index is 1.33. The molecule has 8 nitrogen and oxygen atoms in total. The average Bonchev–Trinajstić information content (AvgIpc) is 3.06. The van der Waals surface area contributed by atoms with Gasteiger partial charge in [-0.3, -0.25) is 0 Å². The van der Waals surface area contributed by atoms with Crippen molar-refractivity contribution in [3.8, 4) is 0 Å². The van der Waals surface area contributed by atoms with Crippen LogP contribution in [0.2, 0.25) is 0 Å². The molecule has 2 aromatic carbocycles. The first-order chi connectivity index (χ1) is 17.4. The van der Waals surface area contributed by atoms with Crippen molar-refractivity contribution >= 4 is 23.7 Å². The molecular weight excluding hydrogens is 456 g/mol. The number of aryl methyl sites for hydroxylation is 2. The molecule has 1 saturated heterocycles. The highest BCUT2D eigenvalue weighted by Gasteiger charge is 2.32. The number of nitrogens with zero attached hydrogens (tertiary/aromatic N) is 2. The third kappa shape index (κ3) is 5.80. The summed E-state index contributed by atoms with van der Waals surface area (Å²) in [6.45, 7) is 5.79. The van der Waals surface area contributed by atoms with Crippen LogP contribution in [0.4, 0.5) is 15.3 Å². The van der Waals surface area contributed by atoms with Crippen molar-refractivity contribution < 1.29 is 19.5 Å². The van der Waals surface area contributed by atoms with Gasteiger partial charge in [-0.25, -0.2) is 14.4 Å². The lowest BCUT2D eigenvalue weighted by atomic mass is 9.97. The summed E-state index contributed by atoms with van der Waals surface area (Å²) in [7, 11) is 0. The van der Waals surface area contributed by atoms with E-state index in [2.05, 4.69) is 36.6 Å². The van der Waals surface area contributed by atoms with Crippen LogP contribution in [-0.4, -0.2) is 64.7 Å².